The highest BCUT2D eigenvalue weighted by atomic mass is 16.4. The number of imidazole rings is 1. The fourth-order valence-electron chi connectivity index (χ4n) is 2.21. The fraction of sp³-hybridized carbons (Fsp3) is 0.333. The fourth-order valence-corrected chi connectivity index (χ4v) is 2.21. The predicted molar refractivity (Wildman–Crippen MR) is 73.7 cm³/mol. The van der Waals surface area contributed by atoms with Crippen LogP contribution in [-0.2, 0) is 11.2 Å². The van der Waals surface area contributed by atoms with Gasteiger partial charge in [-0.25, -0.2) is 4.98 Å². The Bertz CT molecular complexity index is 615. The molecule has 0 aliphatic rings. The lowest BCUT2D eigenvalue weighted by molar-refractivity contribution is -0.136. The van der Waals surface area contributed by atoms with Gasteiger partial charge in [-0.15, -0.1) is 0 Å². The molecular weight excluding hydrogens is 240 g/mol. The third-order valence-electron chi connectivity index (χ3n) is 3.14. The number of hydrogen-bond donors (Lipinski definition) is 1. The number of benzene rings is 1. The molecule has 2 aromatic rings. The Morgan fingerprint density at radius 3 is 2.68 bits per heavy atom. The summed E-state index contributed by atoms with van der Waals surface area (Å²) in [5.41, 5.74) is 4.33. The highest BCUT2D eigenvalue weighted by Gasteiger charge is 2.09. The minimum Gasteiger partial charge on any atom is -0.481 e. The Hall–Kier alpha value is -2.10. The summed E-state index contributed by atoms with van der Waals surface area (Å²) in [5.74, 6) is 0.0889. The van der Waals surface area contributed by atoms with E-state index in [1.165, 1.54) is 11.1 Å². The maximum absolute atomic E-state index is 10.6. The maximum Gasteiger partial charge on any atom is 0.303 e. The Balaban J connectivity index is 2.32. The second-order valence-electron chi connectivity index (χ2n) is 4.83. The maximum atomic E-state index is 10.6. The topological polar surface area (TPSA) is 55.1 Å². The Morgan fingerprint density at radius 1 is 1.32 bits per heavy atom. The van der Waals surface area contributed by atoms with Gasteiger partial charge in [0.05, 0.1) is 12.1 Å². The molecule has 0 saturated carbocycles. The van der Waals surface area contributed by atoms with Crippen molar-refractivity contribution in [1.82, 2.24) is 9.55 Å². The first-order valence-electron chi connectivity index (χ1n) is 6.31. The molecule has 1 N–H and O–H groups in total. The molecule has 4 heteroatoms. The lowest BCUT2D eigenvalue weighted by Crippen LogP contribution is -1.98. The van der Waals surface area contributed by atoms with Crippen LogP contribution in [0.2, 0.25) is 0 Å². The average molecular weight is 258 g/mol. The monoisotopic (exact) mass is 258 g/mol. The summed E-state index contributed by atoms with van der Waals surface area (Å²) >= 11 is 0. The largest absolute Gasteiger partial charge is 0.481 e. The summed E-state index contributed by atoms with van der Waals surface area (Å²) in [7, 11) is 0. The zero-order chi connectivity index (χ0) is 14.0. The van der Waals surface area contributed by atoms with Crippen molar-refractivity contribution in [2.24, 2.45) is 0 Å². The number of nitrogens with zero attached hydrogens (tertiary/aromatic N) is 2. The smallest absolute Gasteiger partial charge is 0.303 e. The highest BCUT2D eigenvalue weighted by molar-refractivity contribution is 5.66. The standard InChI is InChI=1S/C15H18N2O2/c1-10-4-6-14(11(2)8-10)17-9-13(16-12(17)3)5-7-15(18)19/h4,6,8-9H,5,7H2,1-3H3,(H,18,19). The van der Waals surface area contributed by atoms with Gasteiger partial charge in [0, 0.05) is 18.3 Å². The molecule has 0 bridgehead atoms. The molecule has 0 amide bonds. The number of aromatic nitrogens is 2. The van der Waals surface area contributed by atoms with E-state index < -0.39 is 5.97 Å². The number of aliphatic carboxylic acids is 1. The van der Waals surface area contributed by atoms with Crippen molar-refractivity contribution in [3.05, 3.63) is 47.0 Å². The molecule has 0 spiro atoms. The van der Waals surface area contributed by atoms with Gasteiger partial charge in [0.2, 0.25) is 0 Å². The lowest BCUT2D eigenvalue weighted by atomic mass is 10.1. The number of carbonyl (C=O) groups is 1. The molecule has 0 atom stereocenters. The molecule has 0 unspecified atom stereocenters. The molecule has 1 aromatic carbocycles. The SMILES string of the molecule is Cc1ccc(-n2cc(CCC(=O)O)nc2C)c(C)c1. The summed E-state index contributed by atoms with van der Waals surface area (Å²) in [6, 6.07) is 6.27. The zero-order valence-electron chi connectivity index (χ0n) is 11.5. The van der Waals surface area contributed by atoms with E-state index in [0.29, 0.717) is 6.42 Å². The van der Waals surface area contributed by atoms with Gasteiger partial charge in [-0.2, -0.15) is 0 Å². The van der Waals surface area contributed by atoms with E-state index in [4.69, 9.17) is 5.11 Å². The molecule has 4 nitrogen and oxygen atoms in total. The van der Waals surface area contributed by atoms with Gasteiger partial charge in [-0.1, -0.05) is 17.7 Å². The first-order chi connectivity index (χ1) is 8.97. The van der Waals surface area contributed by atoms with Crippen LogP contribution in [0, 0.1) is 20.8 Å². The van der Waals surface area contributed by atoms with Crippen LogP contribution in [0.25, 0.3) is 5.69 Å². The number of hydrogen-bond acceptors (Lipinski definition) is 2. The molecule has 0 saturated heterocycles. The van der Waals surface area contributed by atoms with E-state index in [1.807, 2.05) is 17.7 Å². The third kappa shape index (κ3) is 3.02. The normalized spacial score (nSPS) is 10.7. The van der Waals surface area contributed by atoms with Crippen LogP contribution in [0.4, 0.5) is 0 Å². The van der Waals surface area contributed by atoms with Gasteiger partial charge in [0.25, 0.3) is 0 Å². The molecule has 0 aliphatic heterocycles. The average Bonchev–Trinajstić information content (AvgIpc) is 2.68. The van der Waals surface area contributed by atoms with Crippen LogP contribution >= 0.6 is 0 Å². The number of carboxylic acid groups (broad SMARTS) is 1. The van der Waals surface area contributed by atoms with Crippen molar-refractivity contribution in [1.29, 1.82) is 0 Å². The van der Waals surface area contributed by atoms with Crippen LogP contribution in [-0.4, -0.2) is 20.6 Å². The van der Waals surface area contributed by atoms with Gasteiger partial charge in [0.15, 0.2) is 0 Å². The van der Waals surface area contributed by atoms with E-state index in [2.05, 4.69) is 37.0 Å². The van der Waals surface area contributed by atoms with Crippen molar-refractivity contribution in [2.45, 2.75) is 33.6 Å². The second-order valence-corrected chi connectivity index (χ2v) is 4.83. The van der Waals surface area contributed by atoms with E-state index in [1.54, 1.807) is 0 Å². The number of rotatable bonds is 4. The Labute approximate surface area is 112 Å². The zero-order valence-corrected chi connectivity index (χ0v) is 11.5. The second kappa shape index (κ2) is 5.26. The first-order valence-corrected chi connectivity index (χ1v) is 6.31. The van der Waals surface area contributed by atoms with Gasteiger partial charge >= 0.3 is 5.97 Å². The van der Waals surface area contributed by atoms with Crippen molar-refractivity contribution in [3.8, 4) is 5.69 Å². The molecule has 100 valence electrons. The summed E-state index contributed by atoms with van der Waals surface area (Å²) < 4.78 is 2.02. The number of carboxylic acids is 1. The third-order valence-corrected chi connectivity index (χ3v) is 3.14. The van der Waals surface area contributed by atoms with Crippen molar-refractivity contribution in [3.63, 3.8) is 0 Å². The van der Waals surface area contributed by atoms with Crippen LogP contribution in [0.15, 0.2) is 24.4 Å². The minimum atomic E-state index is -0.793. The van der Waals surface area contributed by atoms with Gasteiger partial charge in [-0.05, 0) is 32.4 Å². The molecule has 0 radical (unpaired) electrons. The molecule has 1 heterocycles. The van der Waals surface area contributed by atoms with Crippen LogP contribution in [0.5, 0.6) is 0 Å². The predicted octanol–water partition coefficient (Wildman–Crippen LogP) is 2.81. The van der Waals surface area contributed by atoms with Gasteiger partial charge in [0.1, 0.15) is 5.82 Å². The molecule has 1 aromatic heterocycles. The Morgan fingerprint density at radius 2 is 2.05 bits per heavy atom. The van der Waals surface area contributed by atoms with Gasteiger partial charge in [-0.3, -0.25) is 4.79 Å². The van der Waals surface area contributed by atoms with E-state index in [0.717, 1.165) is 17.2 Å². The van der Waals surface area contributed by atoms with Gasteiger partial charge < -0.3 is 9.67 Å². The summed E-state index contributed by atoms with van der Waals surface area (Å²) in [4.78, 5) is 15.0. The van der Waals surface area contributed by atoms with Crippen molar-refractivity contribution >= 4 is 5.97 Å². The lowest BCUT2D eigenvalue weighted by Gasteiger charge is -2.09. The molecule has 2 rings (SSSR count). The van der Waals surface area contributed by atoms with E-state index in [9.17, 15) is 4.79 Å². The number of aryl methyl sites for hydroxylation is 4. The molecule has 0 aliphatic carbocycles. The Kier molecular flexibility index (Phi) is 3.69. The van der Waals surface area contributed by atoms with Crippen LogP contribution in [0.3, 0.4) is 0 Å². The van der Waals surface area contributed by atoms with Crippen LogP contribution in [0.1, 0.15) is 29.1 Å². The van der Waals surface area contributed by atoms with Crippen LogP contribution < -0.4 is 0 Å². The summed E-state index contributed by atoms with van der Waals surface area (Å²) in [5, 5.41) is 8.71. The molecular formula is C15H18N2O2. The molecule has 19 heavy (non-hydrogen) atoms. The minimum absolute atomic E-state index is 0.114. The summed E-state index contributed by atoms with van der Waals surface area (Å²) in [6.07, 6.45) is 2.51. The van der Waals surface area contributed by atoms with E-state index >= 15 is 0 Å². The van der Waals surface area contributed by atoms with E-state index in [-0.39, 0.29) is 6.42 Å². The molecule has 0 fully saturated rings. The van der Waals surface area contributed by atoms with Crippen molar-refractivity contribution in [2.75, 3.05) is 0 Å². The van der Waals surface area contributed by atoms with Crippen molar-refractivity contribution < 1.29 is 9.90 Å². The quantitative estimate of drug-likeness (QED) is 0.917. The summed E-state index contributed by atoms with van der Waals surface area (Å²) in [6.45, 7) is 6.07. The highest BCUT2D eigenvalue weighted by Crippen LogP contribution is 2.18. The first kappa shape index (κ1) is 13.3.